The van der Waals surface area contributed by atoms with Crippen LogP contribution in [0.25, 0.3) is 0 Å². The van der Waals surface area contributed by atoms with Crippen LogP contribution in [0.3, 0.4) is 0 Å². The Bertz CT molecular complexity index is 730. The lowest BCUT2D eigenvalue weighted by atomic mass is 10.1. The molecule has 0 amide bonds. The third-order valence-corrected chi connectivity index (χ3v) is 7.57. The molecule has 4 heterocycles. The molecule has 0 saturated carbocycles. The first-order valence-electron chi connectivity index (χ1n) is 10.9. The summed E-state index contributed by atoms with van der Waals surface area (Å²) in [6, 6.07) is 5.95. The summed E-state index contributed by atoms with van der Waals surface area (Å²) in [5.74, 6) is 2.28. The molecule has 0 radical (unpaired) electrons. The zero-order valence-corrected chi connectivity index (χ0v) is 18.4. The van der Waals surface area contributed by atoms with E-state index in [0.29, 0.717) is 12.1 Å². The van der Waals surface area contributed by atoms with Gasteiger partial charge >= 0.3 is 0 Å². The van der Waals surface area contributed by atoms with Gasteiger partial charge in [-0.25, -0.2) is 9.29 Å². The van der Waals surface area contributed by atoms with Crippen LogP contribution in [0.1, 0.15) is 44.9 Å². The molecule has 28 heavy (non-hydrogen) atoms. The van der Waals surface area contributed by atoms with Gasteiger partial charge in [-0.1, -0.05) is 43.2 Å². The van der Waals surface area contributed by atoms with Crippen LogP contribution in [0.15, 0.2) is 35.9 Å². The SMILES string of the molecule is C/C=C\C(=C/C)CSN1CCc2nc(N3C4CCC3CN(CC)C4)ccc2C1. The minimum absolute atomic E-state index is 0.658. The smallest absolute Gasteiger partial charge is 0.129 e. The molecule has 2 saturated heterocycles. The number of likely N-dealkylation sites (tertiary alicyclic amines) is 1. The van der Waals surface area contributed by atoms with Gasteiger partial charge in [0.25, 0.3) is 0 Å². The third-order valence-electron chi connectivity index (χ3n) is 6.43. The number of allylic oxidation sites excluding steroid dienone is 3. The Kier molecular flexibility index (Phi) is 6.44. The highest BCUT2D eigenvalue weighted by Gasteiger charge is 2.40. The summed E-state index contributed by atoms with van der Waals surface area (Å²) in [6.07, 6.45) is 10.3. The maximum absolute atomic E-state index is 5.15. The molecule has 0 aromatic carbocycles. The van der Waals surface area contributed by atoms with Gasteiger partial charge in [0, 0.05) is 56.1 Å². The Balaban J connectivity index is 1.41. The molecule has 0 spiro atoms. The lowest BCUT2D eigenvalue weighted by Gasteiger charge is -2.42. The second-order valence-corrected chi connectivity index (χ2v) is 9.23. The van der Waals surface area contributed by atoms with Crippen LogP contribution in [0.4, 0.5) is 5.82 Å². The van der Waals surface area contributed by atoms with Crippen LogP contribution in [0, 0.1) is 0 Å². The van der Waals surface area contributed by atoms with Crippen molar-refractivity contribution in [3.63, 3.8) is 0 Å². The minimum atomic E-state index is 0.658. The maximum atomic E-state index is 5.15. The topological polar surface area (TPSA) is 22.6 Å². The van der Waals surface area contributed by atoms with Gasteiger partial charge in [-0.15, -0.1) is 0 Å². The first-order chi connectivity index (χ1) is 13.7. The van der Waals surface area contributed by atoms with E-state index in [9.17, 15) is 0 Å². The van der Waals surface area contributed by atoms with E-state index in [-0.39, 0.29) is 0 Å². The van der Waals surface area contributed by atoms with Gasteiger partial charge in [0.15, 0.2) is 0 Å². The summed E-state index contributed by atoms with van der Waals surface area (Å²) in [5.41, 5.74) is 4.13. The van der Waals surface area contributed by atoms with Crippen molar-refractivity contribution in [2.24, 2.45) is 0 Å². The first-order valence-corrected chi connectivity index (χ1v) is 11.8. The highest BCUT2D eigenvalue weighted by Crippen LogP contribution is 2.35. The number of rotatable bonds is 6. The first kappa shape index (κ1) is 20.0. The number of hydrogen-bond acceptors (Lipinski definition) is 5. The van der Waals surface area contributed by atoms with E-state index in [0.717, 1.165) is 25.3 Å². The third kappa shape index (κ3) is 4.17. The number of aromatic nitrogens is 1. The molecule has 2 unspecified atom stereocenters. The van der Waals surface area contributed by atoms with Gasteiger partial charge < -0.3 is 4.90 Å². The molecule has 152 valence electrons. The number of anilines is 1. The molecule has 4 rings (SSSR count). The van der Waals surface area contributed by atoms with Crippen molar-refractivity contribution < 1.29 is 0 Å². The monoisotopic (exact) mass is 398 g/mol. The fraction of sp³-hybridized carbons (Fsp3) is 0.609. The van der Waals surface area contributed by atoms with Crippen molar-refractivity contribution in [3.8, 4) is 0 Å². The molecule has 1 aromatic rings. The molecule has 3 aliphatic heterocycles. The summed E-state index contributed by atoms with van der Waals surface area (Å²) in [4.78, 5) is 10.4. The fourth-order valence-electron chi connectivity index (χ4n) is 4.86. The van der Waals surface area contributed by atoms with E-state index in [1.807, 2.05) is 11.9 Å². The Morgan fingerprint density at radius 2 is 2.00 bits per heavy atom. The van der Waals surface area contributed by atoms with Crippen LogP contribution in [-0.4, -0.2) is 58.2 Å². The van der Waals surface area contributed by atoms with Gasteiger partial charge in [0.1, 0.15) is 5.82 Å². The van der Waals surface area contributed by atoms with Crippen molar-refractivity contribution in [1.29, 1.82) is 0 Å². The van der Waals surface area contributed by atoms with Gasteiger partial charge in [0.05, 0.1) is 0 Å². The highest BCUT2D eigenvalue weighted by atomic mass is 32.2. The summed E-state index contributed by atoms with van der Waals surface area (Å²) in [7, 11) is 0. The van der Waals surface area contributed by atoms with Crippen molar-refractivity contribution in [3.05, 3.63) is 47.2 Å². The Morgan fingerprint density at radius 3 is 2.68 bits per heavy atom. The largest absolute Gasteiger partial charge is 0.348 e. The summed E-state index contributed by atoms with van der Waals surface area (Å²) in [5, 5.41) is 0. The van der Waals surface area contributed by atoms with Crippen molar-refractivity contribution in [2.45, 2.75) is 58.7 Å². The number of hydrogen-bond donors (Lipinski definition) is 0. The number of fused-ring (bicyclic) bond motifs is 3. The van der Waals surface area contributed by atoms with Crippen LogP contribution in [0.5, 0.6) is 0 Å². The van der Waals surface area contributed by atoms with Crippen LogP contribution >= 0.6 is 11.9 Å². The van der Waals surface area contributed by atoms with Crippen LogP contribution < -0.4 is 4.90 Å². The molecule has 2 bridgehead atoms. The van der Waals surface area contributed by atoms with E-state index in [1.54, 1.807) is 0 Å². The molecule has 0 N–H and O–H groups in total. The normalized spacial score (nSPS) is 26.2. The molecule has 1 aromatic heterocycles. The lowest BCUT2D eigenvalue weighted by Crippen LogP contribution is -2.54. The number of pyridine rings is 1. The fourth-order valence-corrected chi connectivity index (χ4v) is 5.91. The zero-order chi connectivity index (χ0) is 19.5. The second-order valence-electron chi connectivity index (χ2n) is 8.17. The van der Waals surface area contributed by atoms with E-state index >= 15 is 0 Å². The molecule has 2 atom stereocenters. The highest BCUT2D eigenvalue weighted by molar-refractivity contribution is 7.97. The standard InChI is InChI=1S/C23H34N4S/c1-4-7-18(5-2)17-28-26-13-12-22-19(14-26)8-11-23(24-22)27-20-9-10-21(27)16-25(6-3)15-20/h4-5,7-8,11,20-21H,6,9-10,12-17H2,1-3H3/b7-4-,18-5+. The van der Waals surface area contributed by atoms with Crippen molar-refractivity contribution in [2.75, 3.05) is 36.8 Å². The summed E-state index contributed by atoms with van der Waals surface area (Å²) in [6.45, 7) is 12.2. The number of likely N-dealkylation sites (N-methyl/N-ethyl adjacent to an activating group) is 1. The van der Waals surface area contributed by atoms with Crippen molar-refractivity contribution in [1.82, 2.24) is 14.2 Å². The van der Waals surface area contributed by atoms with E-state index < -0.39 is 0 Å². The molecule has 3 aliphatic rings. The van der Waals surface area contributed by atoms with Crippen LogP contribution in [-0.2, 0) is 13.0 Å². The summed E-state index contributed by atoms with van der Waals surface area (Å²) >= 11 is 1.95. The maximum Gasteiger partial charge on any atom is 0.129 e. The van der Waals surface area contributed by atoms with Gasteiger partial charge in [0.2, 0.25) is 0 Å². The van der Waals surface area contributed by atoms with E-state index in [2.05, 4.69) is 65.2 Å². The average molecular weight is 399 g/mol. The predicted octanol–water partition coefficient (Wildman–Crippen LogP) is 4.28. The van der Waals surface area contributed by atoms with E-state index in [4.69, 9.17) is 4.98 Å². The number of piperazine rings is 1. The summed E-state index contributed by atoms with van der Waals surface area (Å²) < 4.78 is 2.50. The molecular formula is C23H34N4S. The Hall–Kier alpha value is -1.30. The predicted molar refractivity (Wildman–Crippen MR) is 121 cm³/mol. The van der Waals surface area contributed by atoms with Gasteiger partial charge in [-0.05, 0) is 50.4 Å². The molecule has 5 heteroatoms. The quantitative estimate of drug-likeness (QED) is 0.525. The van der Waals surface area contributed by atoms with Gasteiger partial charge in [-0.2, -0.15) is 0 Å². The lowest BCUT2D eigenvalue weighted by molar-refractivity contribution is 0.229. The molecular weight excluding hydrogens is 364 g/mol. The molecule has 0 aliphatic carbocycles. The van der Waals surface area contributed by atoms with E-state index in [1.165, 1.54) is 55.1 Å². The Morgan fingerprint density at radius 1 is 1.21 bits per heavy atom. The molecule has 2 fully saturated rings. The van der Waals surface area contributed by atoms with Crippen molar-refractivity contribution >= 4 is 17.8 Å². The minimum Gasteiger partial charge on any atom is -0.348 e. The zero-order valence-electron chi connectivity index (χ0n) is 17.6. The molecule has 4 nitrogen and oxygen atoms in total. The van der Waals surface area contributed by atoms with Crippen LogP contribution in [0.2, 0.25) is 0 Å². The average Bonchev–Trinajstić information content (AvgIpc) is 3.00. The Labute approximate surface area is 174 Å². The number of nitrogens with zero attached hydrogens (tertiary/aromatic N) is 4. The van der Waals surface area contributed by atoms with Gasteiger partial charge in [-0.3, -0.25) is 4.90 Å². The second kappa shape index (κ2) is 9.02.